The molecule has 0 spiro atoms. The minimum Gasteiger partial charge on any atom is -0.418 e. The molecule has 0 amide bonds. The van der Waals surface area contributed by atoms with E-state index in [0.717, 1.165) is 0 Å². The molecule has 0 aliphatic rings. The predicted octanol–water partition coefficient (Wildman–Crippen LogP) is 6.14. The molecule has 0 bridgehead atoms. The van der Waals surface area contributed by atoms with Crippen LogP contribution in [0.4, 0.5) is 17.3 Å². The summed E-state index contributed by atoms with van der Waals surface area (Å²) in [6.07, 6.45) is 0. The molecular formula is C26H25BF4NP. The van der Waals surface area contributed by atoms with Gasteiger partial charge in [-0.05, 0) is 24.1 Å². The molecule has 0 fully saturated rings. The van der Waals surface area contributed by atoms with Crippen molar-refractivity contribution in [1.29, 1.82) is 0 Å². The molecule has 0 radical (unpaired) electrons. The van der Waals surface area contributed by atoms with Crippen LogP contribution in [-0.4, -0.2) is 7.25 Å². The molecule has 33 heavy (non-hydrogen) atoms. The lowest BCUT2D eigenvalue weighted by Gasteiger charge is -2.31. The zero-order chi connectivity index (χ0) is 23.7. The maximum atomic E-state index is 9.75. The Morgan fingerprint density at radius 3 is 1.18 bits per heavy atom. The average molecular weight is 469 g/mol. The van der Waals surface area contributed by atoms with Gasteiger partial charge in [0.2, 0.25) is 0 Å². The summed E-state index contributed by atoms with van der Waals surface area (Å²) in [4.78, 5) is 0. The van der Waals surface area contributed by atoms with E-state index in [9.17, 15) is 17.3 Å². The van der Waals surface area contributed by atoms with Gasteiger partial charge in [0.25, 0.3) is 0 Å². The highest BCUT2D eigenvalue weighted by molar-refractivity contribution is 7.73. The van der Waals surface area contributed by atoms with Crippen molar-refractivity contribution in [3.8, 4) is 0 Å². The van der Waals surface area contributed by atoms with Crippen molar-refractivity contribution in [3.05, 3.63) is 132 Å². The van der Waals surface area contributed by atoms with Crippen molar-refractivity contribution in [2.45, 2.75) is 11.7 Å². The molecule has 0 saturated carbocycles. The number of rotatable bonds is 6. The van der Waals surface area contributed by atoms with Gasteiger partial charge in [0.15, 0.2) is 0 Å². The van der Waals surface area contributed by atoms with E-state index in [4.69, 9.17) is 0 Å². The van der Waals surface area contributed by atoms with Crippen LogP contribution in [0.5, 0.6) is 0 Å². The van der Waals surface area contributed by atoms with Crippen molar-refractivity contribution in [2.24, 2.45) is 0 Å². The zero-order valence-electron chi connectivity index (χ0n) is 17.9. The van der Waals surface area contributed by atoms with Gasteiger partial charge >= 0.3 is 7.25 Å². The smallest absolute Gasteiger partial charge is 0.418 e. The highest BCUT2D eigenvalue weighted by Gasteiger charge is 2.34. The number of benzene rings is 4. The molecule has 0 saturated heterocycles. The average Bonchev–Trinajstić information content (AvgIpc) is 2.83. The maximum Gasteiger partial charge on any atom is 0.673 e. The van der Waals surface area contributed by atoms with Gasteiger partial charge < -0.3 is 23.0 Å². The van der Waals surface area contributed by atoms with Gasteiger partial charge in [-0.3, -0.25) is 0 Å². The fraction of sp³-hybridized carbons (Fsp3) is 0.0769. The zero-order valence-corrected chi connectivity index (χ0v) is 18.8. The van der Waals surface area contributed by atoms with Crippen molar-refractivity contribution in [2.75, 3.05) is 0 Å². The van der Waals surface area contributed by atoms with Crippen LogP contribution in [0.3, 0.4) is 0 Å². The Balaban J connectivity index is 0.000000555. The Kier molecular flexibility index (Phi) is 8.82. The predicted molar refractivity (Wildman–Crippen MR) is 131 cm³/mol. The second kappa shape index (κ2) is 11.8. The molecule has 0 heterocycles. The van der Waals surface area contributed by atoms with Crippen LogP contribution in [-0.2, 0) is 0 Å². The molecular weight excluding hydrogens is 444 g/mol. The Bertz CT molecular complexity index is 1040. The lowest BCUT2D eigenvalue weighted by Crippen LogP contribution is -2.56. The van der Waals surface area contributed by atoms with Crippen LogP contribution in [0.2, 0.25) is 0 Å². The summed E-state index contributed by atoms with van der Waals surface area (Å²) in [5, 5.41) is 2.78. The second-order valence-corrected chi connectivity index (χ2v) is 9.74. The highest BCUT2D eigenvalue weighted by Crippen LogP contribution is 2.54. The Morgan fingerprint density at radius 2 is 0.818 bits per heavy atom. The van der Waals surface area contributed by atoms with E-state index in [2.05, 4.69) is 127 Å². The topological polar surface area (TPSA) is 27.6 Å². The van der Waals surface area contributed by atoms with E-state index in [0.29, 0.717) is 5.66 Å². The molecule has 7 heteroatoms. The van der Waals surface area contributed by atoms with Gasteiger partial charge in [-0.1, -0.05) is 121 Å². The van der Waals surface area contributed by atoms with Crippen molar-refractivity contribution in [3.63, 3.8) is 0 Å². The Hall–Kier alpha value is -2.95. The number of hydrogen-bond donors (Lipinski definition) is 1. The minimum atomic E-state index is -6.00. The molecule has 1 unspecified atom stereocenters. The number of quaternary nitrogens is 1. The standard InChI is InChI=1S/C26H24NP.BF4/c27-25(21-13-5-1-6-14-21)26(22-15-7-2-8-16-22)28(23-17-9-3-10-18-23)24-19-11-4-12-20-24;2-1(3,4)5/h1-20,25-26H,27H2;/q;-1/p+1/t25?,26-;/m0./s1. The first-order chi connectivity index (χ1) is 15.8. The molecule has 3 N–H and O–H groups in total. The normalized spacial score (nSPS) is 13.0. The van der Waals surface area contributed by atoms with Crippen LogP contribution in [0.15, 0.2) is 121 Å². The Morgan fingerprint density at radius 1 is 0.515 bits per heavy atom. The molecule has 0 aliphatic heterocycles. The Labute approximate surface area is 193 Å². The van der Waals surface area contributed by atoms with Gasteiger partial charge in [-0.15, -0.1) is 0 Å². The monoisotopic (exact) mass is 469 g/mol. The van der Waals surface area contributed by atoms with Crippen LogP contribution >= 0.6 is 7.92 Å². The quantitative estimate of drug-likeness (QED) is 0.200. The maximum absolute atomic E-state index is 9.75. The molecule has 4 aromatic carbocycles. The van der Waals surface area contributed by atoms with Gasteiger partial charge in [0.05, 0.1) is 5.66 Å². The molecule has 4 rings (SSSR count). The van der Waals surface area contributed by atoms with Gasteiger partial charge in [-0.2, -0.15) is 0 Å². The molecule has 0 aliphatic carbocycles. The molecule has 1 nitrogen and oxygen atoms in total. The van der Waals surface area contributed by atoms with Crippen molar-refractivity contribution in [1.82, 2.24) is 0 Å². The molecule has 0 aromatic heterocycles. The summed E-state index contributed by atoms with van der Waals surface area (Å²) < 4.78 is 39.0. The summed E-state index contributed by atoms with van der Waals surface area (Å²) in [6, 6.07) is 43.6. The van der Waals surface area contributed by atoms with Crippen LogP contribution in [0.25, 0.3) is 0 Å². The third-order valence-electron chi connectivity index (χ3n) is 5.10. The lowest BCUT2D eigenvalue weighted by molar-refractivity contribution is -0.427. The second-order valence-electron chi connectivity index (χ2n) is 7.41. The van der Waals surface area contributed by atoms with E-state index in [-0.39, 0.29) is 6.04 Å². The SMILES string of the molecule is F[B-](F)(F)F.[NH3+]C(c1ccccc1)[C@H](c1ccccc1)P(c1ccccc1)c1ccccc1. The van der Waals surface area contributed by atoms with E-state index < -0.39 is 15.2 Å². The minimum absolute atomic E-state index is 0.162. The first-order valence-electron chi connectivity index (χ1n) is 10.5. The molecule has 2 atom stereocenters. The summed E-state index contributed by atoms with van der Waals surface area (Å²) >= 11 is 0. The van der Waals surface area contributed by atoms with E-state index in [1.807, 2.05) is 0 Å². The lowest BCUT2D eigenvalue weighted by atomic mass is 9.99. The fourth-order valence-electron chi connectivity index (χ4n) is 3.74. The van der Waals surface area contributed by atoms with Crippen molar-refractivity contribution >= 4 is 25.8 Å². The van der Waals surface area contributed by atoms with Crippen LogP contribution in [0, 0.1) is 0 Å². The number of hydrogen-bond acceptors (Lipinski definition) is 0. The van der Waals surface area contributed by atoms with Gasteiger partial charge in [0, 0.05) is 5.56 Å². The van der Waals surface area contributed by atoms with Crippen LogP contribution < -0.4 is 16.3 Å². The third kappa shape index (κ3) is 7.56. The fourth-order valence-corrected chi connectivity index (χ4v) is 6.67. The summed E-state index contributed by atoms with van der Waals surface area (Å²) in [7, 11) is -6.62. The van der Waals surface area contributed by atoms with Gasteiger partial charge in [-0.25, -0.2) is 0 Å². The summed E-state index contributed by atoms with van der Waals surface area (Å²) in [5.74, 6) is 0. The largest absolute Gasteiger partial charge is 0.673 e. The first-order valence-corrected chi connectivity index (χ1v) is 12.0. The number of halogens is 4. The first kappa shape index (κ1) is 24.7. The summed E-state index contributed by atoms with van der Waals surface area (Å²) in [6.45, 7) is 0. The summed E-state index contributed by atoms with van der Waals surface area (Å²) in [5.41, 5.74) is 7.61. The van der Waals surface area contributed by atoms with E-state index in [1.54, 1.807) is 0 Å². The molecule has 4 aromatic rings. The van der Waals surface area contributed by atoms with Crippen LogP contribution in [0.1, 0.15) is 22.8 Å². The highest BCUT2D eigenvalue weighted by atomic mass is 31.1. The van der Waals surface area contributed by atoms with E-state index in [1.165, 1.54) is 21.7 Å². The van der Waals surface area contributed by atoms with Crippen molar-refractivity contribution < 1.29 is 23.0 Å². The van der Waals surface area contributed by atoms with E-state index >= 15 is 0 Å². The molecule has 170 valence electrons. The van der Waals surface area contributed by atoms with Gasteiger partial charge in [0.1, 0.15) is 6.04 Å². The third-order valence-corrected chi connectivity index (χ3v) is 8.02.